The number of carbonyl (C=O) groups is 1. The van der Waals surface area contributed by atoms with Crippen LogP contribution in [0.5, 0.6) is 0 Å². The normalized spacial score (nSPS) is 24.9. The summed E-state index contributed by atoms with van der Waals surface area (Å²) in [6.45, 7) is 1.60. The fourth-order valence-corrected chi connectivity index (χ4v) is 8.75. The summed E-state index contributed by atoms with van der Waals surface area (Å²) in [7, 11) is -4.01. The smallest absolute Gasteiger partial charge is 0.273 e. The first-order valence-corrected chi connectivity index (χ1v) is 16.5. The van der Waals surface area contributed by atoms with E-state index in [4.69, 9.17) is 23.2 Å². The second-order valence-electron chi connectivity index (χ2n) is 12.0. The topological polar surface area (TPSA) is 105 Å². The first-order valence-electron chi connectivity index (χ1n) is 14.3. The Morgan fingerprint density at radius 2 is 1.49 bits per heavy atom. The van der Waals surface area contributed by atoms with Crippen molar-refractivity contribution in [2.45, 2.75) is 61.9 Å². The number of imidazole rings is 1. The van der Waals surface area contributed by atoms with Gasteiger partial charge in [-0.15, -0.1) is 0 Å². The summed E-state index contributed by atoms with van der Waals surface area (Å²) < 4.78 is 30.7. The molecule has 11 heteroatoms. The number of amides is 1. The van der Waals surface area contributed by atoms with Gasteiger partial charge in [-0.1, -0.05) is 35.3 Å². The maximum atomic E-state index is 13.3. The van der Waals surface area contributed by atoms with E-state index < -0.39 is 15.9 Å². The molecular formula is C30H35Cl2N5O3S. The summed E-state index contributed by atoms with van der Waals surface area (Å²) in [6, 6.07) is 13.1. The number of nitrogens with one attached hydrogen (secondary N) is 3. The van der Waals surface area contributed by atoms with Crippen LogP contribution in [-0.4, -0.2) is 42.5 Å². The van der Waals surface area contributed by atoms with E-state index in [1.54, 1.807) is 16.7 Å². The van der Waals surface area contributed by atoms with Crippen LogP contribution in [0, 0.1) is 17.8 Å². The van der Waals surface area contributed by atoms with Crippen LogP contribution in [0.2, 0.25) is 10.0 Å². The molecule has 4 saturated carbocycles. The van der Waals surface area contributed by atoms with Crippen molar-refractivity contribution in [3.05, 3.63) is 76.2 Å². The highest BCUT2D eigenvalue weighted by atomic mass is 35.5. The zero-order valence-electron chi connectivity index (χ0n) is 22.8. The average molecular weight is 617 g/mol. The molecule has 4 fully saturated rings. The number of benzene rings is 2. The number of rotatable bonds is 11. The van der Waals surface area contributed by atoms with Gasteiger partial charge < -0.3 is 15.2 Å². The average Bonchev–Trinajstić information content (AvgIpc) is 3.30. The molecule has 7 rings (SSSR count). The third kappa shape index (κ3) is 6.43. The monoisotopic (exact) mass is 615 g/mol. The molecule has 2 aromatic carbocycles. The minimum absolute atomic E-state index is 0.0190. The molecule has 0 atom stereocenters. The van der Waals surface area contributed by atoms with Crippen molar-refractivity contribution < 1.29 is 13.2 Å². The van der Waals surface area contributed by atoms with Crippen molar-refractivity contribution in [1.82, 2.24) is 20.2 Å². The quantitative estimate of drug-likeness (QED) is 0.239. The first-order chi connectivity index (χ1) is 19.7. The molecule has 3 N–H and O–H groups in total. The van der Waals surface area contributed by atoms with Crippen molar-refractivity contribution in [3.63, 3.8) is 0 Å². The largest absolute Gasteiger partial charge is 0.351 e. The summed E-state index contributed by atoms with van der Waals surface area (Å²) in [5.41, 5.74) is 1.18. The van der Waals surface area contributed by atoms with Gasteiger partial charge >= 0.3 is 0 Å². The Bertz CT molecular complexity index is 1470. The second-order valence-corrected chi connectivity index (χ2v) is 14.5. The van der Waals surface area contributed by atoms with Crippen LogP contribution in [0.15, 0.2) is 59.8 Å². The van der Waals surface area contributed by atoms with Crippen LogP contribution in [0.3, 0.4) is 0 Å². The van der Waals surface area contributed by atoms with Gasteiger partial charge in [0, 0.05) is 22.1 Å². The Morgan fingerprint density at radius 3 is 2.10 bits per heavy atom. The van der Waals surface area contributed by atoms with E-state index in [0.717, 1.165) is 36.3 Å². The fraction of sp³-hybridized carbons (Fsp3) is 0.467. The predicted molar refractivity (Wildman–Crippen MR) is 161 cm³/mol. The van der Waals surface area contributed by atoms with Gasteiger partial charge in [0.1, 0.15) is 0 Å². The summed E-state index contributed by atoms with van der Waals surface area (Å²) in [5, 5.41) is 7.82. The number of nitrogens with zero attached hydrogens (tertiary/aromatic N) is 2. The molecule has 4 aliphatic carbocycles. The van der Waals surface area contributed by atoms with Crippen LogP contribution >= 0.6 is 23.2 Å². The number of hydrogen-bond acceptors (Lipinski definition) is 5. The second kappa shape index (κ2) is 11.6. The Balaban J connectivity index is 1.12. The van der Waals surface area contributed by atoms with Gasteiger partial charge in [-0.05, 0) is 111 Å². The minimum Gasteiger partial charge on any atom is -0.351 e. The lowest BCUT2D eigenvalue weighted by molar-refractivity contribution is -0.0195. The van der Waals surface area contributed by atoms with Crippen molar-refractivity contribution >= 4 is 45.0 Å². The van der Waals surface area contributed by atoms with E-state index in [1.165, 1.54) is 69.1 Å². The number of anilines is 1. The number of carbonyl (C=O) groups excluding carboxylic acids is 1. The zero-order chi connectivity index (χ0) is 28.6. The van der Waals surface area contributed by atoms with E-state index in [1.807, 2.05) is 12.1 Å². The zero-order valence-corrected chi connectivity index (χ0v) is 25.1. The molecule has 1 heterocycles. The number of aromatic nitrogens is 2. The third-order valence-corrected chi connectivity index (χ3v) is 10.7. The SMILES string of the molecule is O=C(NCCCNC12CC3CC(CC(C3)C1)C2)c1ncn(Cc2ccc(Cl)cc2)c1NS(=O)(=O)c1ccc(Cl)cc1. The van der Waals surface area contributed by atoms with Gasteiger partial charge in [0.15, 0.2) is 11.5 Å². The molecule has 3 aromatic rings. The van der Waals surface area contributed by atoms with Crippen LogP contribution in [-0.2, 0) is 16.6 Å². The molecule has 0 saturated heterocycles. The van der Waals surface area contributed by atoms with Crippen molar-refractivity contribution in [2.75, 3.05) is 17.8 Å². The van der Waals surface area contributed by atoms with Gasteiger partial charge in [0.25, 0.3) is 15.9 Å². The maximum absolute atomic E-state index is 13.3. The molecular weight excluding hydrogens is 581 g/mol. The predicted octanol–water partition coefficient (Wildman–Crippen LogP) is 5.72. The first kappa shape index (κ1) is 28.5. The molecule has 0 unspecified atom stereocenters. The summed E-state index contributed by atoms with van der Waals surface area (Å²) in [6.07, 6.45) is 10.3. The van der Waals surface area contributed by atoms with Gasteiger partial charge in [-0.25, -0.2) is 13.4 Å². The van der Waals surface area contributed by atoms with Gasteiger partial charge in [-0.2, -0.15) is 0 Å². The van der Waals surface area contributed by atoms with Gasteiger partial charge in [-0.3, -0.25) is 9.52 Å². The Morgan fingerprint density at radius 1 is 0.902 bits per heavy atom. The highest BCUT2D eigenvalue weighted by Crippen LogP contribution is 2.55. The molecule has 4 bridgehead atoms. The fourth-order valence-electron chi connectivity index (χ4n) is 7.42. The number of hydrogen-bond donors (Lipinski definition) is 3. The summed E-state index contributed by atoms with van der Waals surface area (Å²) >= 11 is 12.0. The highest BCUT2D eigenvalue weighted by molar-refractivity contribution is 7.92. The van der Waals surface area contributed by atoms with Crippen molar-refractivity contribution in [3.8, 4) is 0 Å². The van der Waals surface area contributed by atoms with Crippen LogP contribution in [0.1, 0.15) is 61.0 Å². The Kier molecular flexibility index (Phi) is 8.06. The maximum Gasteiger partial charge on any atom is 0.273 e. The van der Waals surface area contributed by atoms with Crippen LogP contribution in [0.25, 0.3) is 0 Å². The van der Waals surface area contributed by atoms with E-state index in [9.17, 15) is 13.2 Å². The van der Waals surface area contributed by atoms with Crippen molar-refractivity contribution in [1.29, 1.82) is 0 Å². The van der Waals surface area contributed by atoms with E-state index in [2.05, 4.69) is 20.3 Å². The molecule has 41 heavy (non-hydrogen) atoms. The molecule has 4 aliphatic rings. The van der Waals surface area contributed by atoms with Crippen LogP contribution < -0.4 is 15.4 Å². The molecule has 218 valence electrons. The lowest BCUT2D eigenvalue weighted by Gasteiger charge is -2.57. The molecule has 0 aliphatic heterocycles. The third-order valence-electron chi connectivity index (χ3n) is 8.85. The molecule has 8 nitrogen and oxygen atoms in total. The lowest BCUT2D eigenvalue weighted by atomic mass is 9.53. The number of sulfonamides is 1. The van der Waals surface area contributed by atoms with Crippen LogP contribution in [0.4, 0.5) is 5.82 Å². The Hall–Kier alpha value is -2.59. The highest BCUT2D eigenvalue weighted by Gasteiger charge is 2.50. The molecule has 0 spiro atoms. The van der Waals surface area contributed by atoms with E-state index in [0.29, 0.717) is 23.1 Å². The number of halogens is 2. The molecule has 1 amide bonds. The van der Waals surface area contributed by atoms with Crippen molar-refractivity contribution in [2.24, 2.45) is 17.8 Å². The summed E-state index contributed by atoms with van der Waals surface area (Å²) in [5.74, 6) is 2.31. The molecule has 1 aromatic heterocycles. The minimum atomic E-state index is -4.01. The summed E-state index contributed by atoms with van der Waals surface area (Å²) in [4.78, 5) is 17.6. The van der Waals surface area contributed by atoms with Gasteiger partial charge in [0.2, 0.25) is 0 Å². The lowest BCUT2D eigenvalue weighted by Crippen LogP contribution is -2.58. The van der Waals surface area contributed by atoms with E-state index in [-0.39, 0.29) is 21.9 Å². The molecule has 0 radical (unpaired) electrons. The standard InChI is InChI=1S/C30H35Cl2N5O3S/c31-24-4-2-20(3-5-24)18-37-19-34-27(28(37)36-41(39,40)26-8-6-25(32)7-9-26)29(38)33-10-1-11-35-30-15-21-12-22(16-30)14-23(13-21)17-30/h2-9,19,21-23,35-36H,1,10-18H2,(H,33,38). The Labute approximate surface area is 251 Å². The van der Waals surface area contributed by atoms with E-state index >= 15 is 0 Å². The van der Waals surface area contributed by atoms with Gasteiger partial charge in [0.05, 0.1) is 17.8 Å².